The van der Waals surface area contributed by atoms with Gasteiger partial charge in [0, 0.05) is 24.1 Å². The van der Waals surface area contributed by atoms with Crippen molar-refractivity contribution in [3.63, 3.8) is 0 Å². The van der Waals surface area contributed by atoms with Crippen LogP contribution in [0.25, 0.3) is 5.69 Å². The lowest BCUT2D eigenvalue weighted by molar-refractivity contribution is 0.0747. The van der Waals surface area contributed by atoms with Gasteiger partial charge < -0.3 is 15.0 Å². The number of nitrogens with one attached hydrogen (secondary N) is 1. The fourth-order valence-electron chi connectivity index (χ4n) is 4.17. The number of hydrogen-bond donors (Lipinski definition) is 2. The molecule has 4 unspecified atom stereocenters. The molecule has 1 aromatic heterocycles. The molecule has 0 radical (unpaired) electrons. The van der Waals surface area contributed by atoms with E-state index in [9.17, 15) is 5.11 Å². The lowest BCUT2D eigenvalue weighted by atomic mass is 9.79. The van der Waals surface area contributed by atoms with E-state index in [1.54, 1.807) is 12.5 Å². The van der Waals surface area contributed by atoms with E-state index >= 15 is 0 Å². The SMILES string of the molecule is CC(c1ccccc1)C1CC(C(O)c2ccc(-n3ccnc3)cc2)CCN1. The highest BCUT2D eigenvalue weighted by atomic mass is 16.3. The molecule has 27 heavy (non-hydrogen) atoms. The Morgan fingerprint density at radius 3 is 2.56 bits per heavy atom. The molecule has 0 bridgehead atoms. The molecule has 4 atom stereocenters. The van der Waals surface area contributed by atoms with Crippen LogP contribution in [0.3, 0.4) is 0 Å². The van der Waals surface area contributed by atoms with Crippen LogP contribution in [-0.2, 0) is 0 Å². The zero-order chi connectivity index (χ0) is 18.6. The molecule has 1 aliphatic rings. The van der Waals surface area contributed by atoms with Crippen LogP contribution < -0.4 is 5.32 Å². The molecule has 2 aromatic carbocycles. The van der Waals surface area contributed by atoms with Gasteiger partial charge in [0.1, 0.15) is 0 Å². The summed E-state index contributed by atoms with van der Waals surface area (Å²) in [6.45, 7) is 3.23. The first kappa shape index (κ1) is 18.0. The van der Waals surface area contributed by atoms with E-state index in [4.69, 9.17) is 0 Å². The van der Waals surface area contributed by atoms with Crippen LogP contribution in [-0.4, -0.2) is 27.2 Å². The summed E-state index contributed by atoms with van der Waals surface area (Å²) in [7, 11) is 0. The van der Waals surface area contributed by atoms with Gasteiger partial charge >= 0.3 is 0 Å². The molecule has 1 aliphatic heterocycles. The van der Waals surface area contributed by atoms with Gasteiger partial charge in [-0.3, -0.25) is 0 Å². The number of aromatic nitrogens is 2. The number of rotatable bonds is 5. The lowest BCUT2D eigenvalue weighted by Gasteiger charge is -2.36. The first-order chi connectivity index (χ1) is 13.2. The van der Waals surface area contributed by atoms with E-state index in [-0.39, 0.29) is 5.92 Å². The summed E-state index contributed by atoms with van der Waals surface area (Å²) in [5, 5.41) is 14.6. The van der Waals surface area contributed by atoms with Crippen molar-refractivity contribution >= 4 is 0 Å². The zero-order valence-corrected chi connectivity index (χ0v) is 15.7. The van der Waals surface area contributed by atoms with Crippen LogP contribution >= 0.6 is 0 Å². The van der Waals surface area contributed by atoms with Gasteiger partial charge in [0.05, 0.1) is 12.4 Å². The van der Waals surface area contributed by atoms with Crippen molar-refractivity contribution in [3.8, 4) is 5.69 Å². The standard InChI is InChI=1S/C23H27N3O/c1-17(18-5-3-2-4-6-18)22-15-20(11-12-25-22)23(27)19-7-9-21(10-8-19)26-14-13-24-16-26/h2-10,13-14,16-17,20,22-23,25,27H,11-12,15H2,1H3. The molecule has 4 rings (SSSR count). The summed E-state index contributed by atoms with van der Waals surface area (Å²) in [5.74, 6) is 0.714. The lowest BCUT2D eigenvalue weighted by Crippen LogP contribution is -2.42. The maximum atomic E-state index is 11.0. The Balaban J connectivity index is 1.44. The molecule has 4 nitrogen and oxygen atoms in total. The third-order valence-corrected chi connectivity index (χ3v) is 5.89. The average Bonchev–Trinajstić information content (AvgIpc) is 3.28. The van der Waals surface area contributed by atoms with Crippen LogP contribution in [0.1, 0.15) is 42.9 Å². The van der Waals surface area contributed by atoms with Crippen molar-refractivity contribution in [3.05, 3.63) is 84.4 Å². The average molecular weight is 361 g/mol. The van der Waals surface area contributed by atoms with Gasteiger partial charge in [0.25, 0.3) is 0 Å². The number of hydrogen-bond acceptors (Lipinski definition) is 3. The number of nitrogens with zero attached hydrogens (tertiary/aromatic N) is 2. The molecule has 1 saturated heterocycles. The smallest absolute Gasteiger partial charge is 0.0991 e. The quantitative estimate of drug-likeness (QED) is 0.720. The van der Waals surface area contributed by atoms with Gasteiger partial charge in [-0.25, -0.2) is 4.98 Å². The van der Waals surface area contributed by atoms with Gasteiger partial charge in [0.15, 0.2) is 0 Å². The van der Waals surface area contributed by atoms with Crippen LogP contribution in [0.4, 0.5) is 0 Å². The first-order valence-corrected chi connectivity index (χ1v) is 9.77. The van der Waals surface area contributed by atoms with E-state index in [1.165, 1.54) is 5.56 Å². The van der Waals surface area contributed by atoms with Crippen LogP contribution in [0.2, 0.25) is 0 Å². The maximum Gasteiger partial charge on any atom is 0.0991 e. The predicted octanol–water partition coefficient (Wildman–Crippen LogP) is 4.08. The van der Waals surface area contributed by atoms with Gasteiger partial charge in [-0.05, 0) is 54.5 Å². The Morgan fingerprint density at radius 2 is 1.85 bits per heavy atom. The maximum absolute atomic E-state index is 11.0. The highest BCUT2D eigenvalue weighted by molar-refractivity contribution is 5.35. The van der Waals surface area contributed by atoms with E-state index in [1.807, 2.05) is 35.0 Å². The molecule has 140 valence electrons. The van der Waals surface area contributed by atoms with Crippen LogP contribution in [0.5, 0.6) is 0 Å². The Hall–Kier alpha value is -2.43. The second kappa shape index (κ2) is 8.07. The van der Waals surface area contributed by atoms with Crippen molar-refractivity contribution in [1.29, 1.82) is 0 Å². The van der Waals surface area contributed by atoms with Crippen LogP contribution in [0, 0.1) is 5.92 Å². The number of aliphatic hydroxyl groups excluding tert-OH is 1. The Kier molecular flexibility index (Phi) is 5.37. The molecule has 3 aromatic rings. The van der Waals surface area contributed by atoms with Gasteiger partial charge in [-0.1, -0.05) is 49.4 Å². The summed E-state index contributed by atoms with van der Waals surface area (Å²) < 4.78 is 1.97. The van der Waals surface area contributed by atoms with E-state index < -0.39 is 6.10 Å². The summed E-state index contributed by atoms with van der Waals surface area (Å²) in [6.07, 6.45) is 7.05. The minimum absolute atomic E-state index is 0.279. The summed E-state index contributed by atoms with van der Waals surface area (Å²) in [4.78, 5) is 4.09. The molecule has 0 saturated carbocycles. The number of piperidine rings is 1. The van der Waals surface area contributed by atoms with Crippen molar-refractivity contribution < 1.29 is 5.11 Å². The summed E-state index contributed by atoms with van der Waals surface area (Å²) >= 11 is 0. The highest BCUT2D eigenvalue weighted by Crippen LogP contribution is 2.34. The second-order valence-electron chi connectivity index (χ2n) is 7.55. The molecule has 0 aliphatic carbocycles. The molecule has 0 amide bonds. The van der Waals surface area contributed by atoms with Gasteiger partial charge in [0.2, 0.25) is 0 Å². The van der Waals surface area contributed by atoms with Gasteiger partial charge in [-0.2, -0.15) is 0 Å². The topological polar surface area (TPSA) is 50.1 Å². The van der Waals surface area contributed by atoms with E-state index in [0.717, 1.165) is 30.6 Å². The Labute approximate surface area is 160 Å². The van der Waals surface area contributed by atoms with E-state index in [2.05, 4.69) is 47.6 Å². The Morgan fingerprint density at radius 1 is 1.07 bits per heavy atom. The van der Waals surface area contributed by atoms with Gasteiger partial charge in [-0.15, -0.1) is 0 Å². The first-order valence-electron chi connectivity index (χ1n) is 9.77. The second-order valence-corrected chi connectivity index (χ2v) is 7.55. The fourth-order valence-corrected chi connectivity index (χ4v) is 4.17. The third kappa shape index (κ3) is 3.97. The molecule has 0 spiro atoms. The normalized spacial score (nSPS) is 22.3. The number of imidazole rings is 1. The zero-order valence-electron chi connectivity index (χ0n) is 15.7. The predicted molar refractivity (Wildman–Crippen MR) is 108 cm³/mol. The molecular formula is C23H27N3O. The van der Waals surface area contributed by atoms with E-state index in [0.29, 0.717) is 12.0 Å². The molecule has 4 heteroatoms. The van der Waals surface area contributed by atoms with Crippen molar-refractivity contribution in [2.75, 3.05) is 6.54 Å². The third-order valence-electron chi connectivity index (χ3n) is 5.89. The van der Waals surface area contributed by atoms with Crippen molar-refractivity contribution in [2.45, 2.75) is 37.8 Å². The van der Waals surface area contributed by atoms with Crippen LogP contribution in [0.15, 0.2) is 73.3 Å². The summed E-state index contributed by atoms with van der Waals surface area (Å²) in [6, 6.07) is 19.2. The minimum atomic E-state index is -0.422. The molecular weight excluding hydrogens is 334 g/mol. The summed E-state index contributed by atoms with van der Waals surface area (Å²) in [5.41, 5.74) is 3.41. The number of benzene rings is 2. The fraction of sp³-hybridized carbons (Fsp3) is 0.348. The van der Waals surface area contributed by atoms with Crippen molar-refractivity contribution in [2.24, 2.45) is 5.92 Å². The Bertz CT molecular complexity index is 830. The number of aliphatic hydroxyl groups is 1. The molecule has 1 fully saturated rings. The minimum Gasteiger partial charge on any atom is -0.388 e. The molecule has 2 heterocycles. The monoisotopic (exact) mass is 361 g/mol. The van der Waals surface area contributed by atoms with Crippen molar-refractivity contribution in [1.82, 2.24) is 14.9 Å². The molecule has 2 N–H and O–H groups in total. The largest absolute Gasteiger partial charge is 0.388 e. The highest BCUT2D eigenvalue weighted by Gasteiger charge is 2.31.